The minimum absolute atomic E-state index is 0.177. The molecule has 0 spiro atoms. The maximum atomic E-state index is 13.4. The number of aromatic nitrogens is 4. The molecule has 1 N–H and O–H groups in total. The quantitative estimate of drug-likeness (QED) is 0.263. The van der Waals surface area contributed by atoms with E-state index in [1.807, 2.05) is 36.1 Å². The van der Waals surface area contributed by atoms with E-state index in [0.29, 0.717) is 52.4 Å². The van der Waals surface area contributed by atoms with Crippen LogP contribution in [0.1, 0.15) is 16.1 Å². The van der Waals surface area contributed by atoms with Gasteiger partial charge in [-0.25, -0.2) is 9.67 Å². The predicted octanol–water partition coefficient (Wildman–Crippen LogP) is 1.86. The van der Waals surface area contributed by atoms with Crippen LogP contribution in [-0.2, 0) is 4.79 Å². The second kappa shape index (κ2) is 9.35. The molecule has 6 rings (SSSR count). The van der Waals surface area contributed by atoms with Crippen LogP contribution in [0.15, 0.2) is 64.6 Å². The van der Waals surface area contributed by atoms with Gasteiger partial charge in [0.25, 0.3) is 11.7 Å². The molecule has 0 radical (unpaired) electrons. The van der Waals surface area contributed by atoms with Crippen molar-refractivity contribution < 1.29 is 14.3 Å². The van der Waals surface area contributed by atoms with Gasteiger partial charge in [-0.05, 0) is 18.6 Å². The summed E-state index contributed by atoms with van der Waals surface area (Å²) in [5, 5.41) is 4.84. The fourth-order valence-electron chi connectivity index (χ4n) is 5.09. The number of piperazine rings is 1. The summed E-state index contributed by atoms with van der Waals surface area (Å²) >= 11 is 0. The van der Waals surface area contributed by atoms with E-state index in [-0.39, 0.29) is 18.7 Å². The number of anilines is 1. The number of carbonyl (C=O) groups is 2. The van der Waals surface area contributed by atoms with E-state index in [2.05, 4.69) is 15.1 Å². The number of hydrogen-bond acceptors (Lipinski definition) is 8. The monoisotopic (exact) mass is 524 g/mol. The van der Waals surface area contributed by atoms with Gasteiger partial charge in [-0.2, -0.15) is 5.10 Å². The number of aryl methyl sites for hydroxylation is 1. The van der Waals surface area contributed by atoms with Gasteiger partial charge in [0.1, 0.15) is 11.4 Å². The van der Waals surface area contributed by atoms with Crippen LogP contribution in [0.5, 0.6) is 5.75 Å². The normalized spacial score (nSPS) is 13.8. The van der Waals surface area contributed by atoms with E-state index >= 15 is 0 Å². The second-order valence-electron chi connectivity index (χ2n) is 9.36. The number of ketones is 1. The third-order valence-corrected chi connectivity index (χ3v) is 7.08. The van der Waals surface area contributed by atoms with Crippen LogP contribution in [0, 0.1) is 6.92 Å². The lowest BCUT2D eigenvalue weighted by Gasteiger charge is -2.36. The fourth-order valence-corrected chi connectivity index (χ4v) is 5.09. The minimum atomic E-state index is -0.680. The van der Waals surface area contributed by atoms with Crippen LogP contribution >= 0.6 is 0 Å². The highest BCUT2D eigenvalue weighted by Gasteiger charge is 2.33. The zero-order valence-corrected chi connectivity index (χ0v) is 21.3. The molecule has 1 amide bonds. The average molecular weight is 525 g/mol. The Hall–Kier alpha value is -5.06. The molecule has 0 bridgehead atoms. The highest BCUT2D eigenvalue weighted by molar-refractivity contribution is 6.45. The summed E-state index contributed by atoms with van der Waals surface area (Å²) in [5.41, 5.74) is 1.95. The van der Waals surface area contributed by atoms with E-state index < -0.39 is 22.5 Å². The molecule has 2 aromatic carbocycles. The van der Waals surface area contributed by atoms with Crippen molar-refractivity contribution in [2.45, 2.75) is 6.92 Å². The number of nitrogens with zero attached hydrogens (tertiary/aromatic N) is 5. The van der Waals surface area contributed by atoms with Crippen LogP contribution in [0.25, 0.3) is 27.8 Å². The van der Waals surface area contributed by atoms with Crippen molar-refractivity contribution in [2.75, 3.05) is 38.2 Å². The number of rotatable bonds is 6. The average Bonchev–Trinajstić information content (AvgIpc) is 3.61. The van der Waals surface area contributed by atoms with Gasteiger partial charge in [-0.15, -0.1) is 0 Å². The number of ether oxygens (including phenoxy) is 1. The van der Waals surface area contributed by atoms with Gasteiger partial charge >= 0.3 is 0 Å². The van der Waals surface area contributed by atoms with E-state index in [9.17, 15) is 19.2 Å². The Balaban J connectivity index is 1.24. The molecule has 1 saturated heterocycles. The summed E-state index contributed by atoms with van der Waals surface area (Å²) in [6.07, 6.45) is 4.74. The maximum Gasteiger partial charge on any atom is 0.295 e. The standard InChI is InChI=1S/C28H24N6O5/c1-16-8-9-34(31-16)27-22-21(19(39-2)15-30-27)18(14-29-22)24(35)28(38)33-12-10-32(11-13-33)23-20(25(36)26(23)37)17-6-4-3-5-7-17/h3-9,14-15,29H,10-13H2,1-2H3. The molecule has 1 aliphatic rings. The number of pyridine rings is 1. The highest BCUT2D eigenvalue weighted by atomic mass is 16.5. The summed E-state index contributed by atoms with van der Waals surface area (Å²) < 4.78 is 7.05. The number of methoxy groups -OCH3 is 1. The maximum absolute atomic E-state index is 13.4. The van der Waals surface area contributed by atoms with Crippen molar-refractivity contribution in [2.24, 2.45) is 0 Å². The van der Waals surface area contributed by atoms with Crippen molar-refractivity contribution >= 4 is 28.3 Å². The Kier molecular flexibility index (Phi) is 5.82. The van der Waals surface area contributed by atoms with Gasteiger partial charge in [-0.1, -0.05) is 30.3 Å². The van der Waals surface area contributed by atoms with Crippen molar-refractivity contribution in [3.63, 3.8) is 0 Å². The van der Waals surface area contributed by atoms with Crippen molar-refractivity contribution in [3.8, 4) is 22.7 Å². The number of nitrogens with one attached hydrogen (secondary N) is 1. The summed E-state index contributed by atoms with van der Waals surface area (Å²) in [6, 6.07) is 10.9. The summed E-state index contributed by atoms with van der Waals surface area (Å²) in [5.74, 6) is -0.505. The zero-order chi connectivity index (χ0) is 27.3. The molecule has 196 valence electrons. The van der Waals surface area contributed by atoms with Crippen molar-refractivity contribution in [3.05, 3.63) is 86.7 Å². The third kappa shape index (κ3) is 3.90. The molecule has 0 unspecified atom stereocenters. The topological polar surface area (TPSA) is 130 Å². The number of Topliss-reactive ketones (excluding diaryl/α,β-unsaturated/α-hetero) is 1. The summed E-state index contributed by atoms with van der Waals surface area (Å²) in [4.78, 5) is 62.2. The molecule has 39 heavy (non-hydrogen) atoms. The molecular weight excluding hydrogens is 500 g/mol. The Morgan fingerprint density at radius 1 is 1.00 bits per heavy atom. The lowest BCUT2D eigenvalue weighted by Crippen LogP contribution is -2.54. The first kappa shape index (κ1) is 24.3. The van der Waals surface area contributed by atoms with E-state index in [4.69, 9.17) is 4.74 Å². The molecular formula is C28H24N6O5. The molecule has 4 heterocycles. The Labute approximate surface area is 221 Å². The SMILES string of the molecule is COc1cnc(-n2ccc(C)n2)c2[nH]cc(C(=O)C(=O)N3CCN(c4c(-c5ccccc5)c(=O)c4=O)CC3)c12. The predicted molar refractivity (Wildman–Crippen MR) is 144 cm³/mol. The van der Waals surface area contributed by atoms with Gasteiger partial charge in [-0.3, -0.25) is 19.2 Å². The third-order valence-electron chi connectivity index (χ3n) is 7.08. The number of fused-ring (bicyclic) bond motifs is 1. The number of aromatic amines is 1. The van der Waals surface area contributed by atoms with Crippen LogP contribution < -0.4 is 20.5 Å². The molecule has 5 aromatic rings. The van der Waals surface area contributed by atoms with Crippen molar-refractivity contribution in [1.29, 1.82) is 0 Å². The number of benzene rings is 1. The van der Waals surface area contributed by atoms with Crippen molar-refractivity contribution in [1.82, 2.24) is 24.6 Å². The molecule has 0 atom stereocenters. The lowest BCUT2D eigenvalue weighted by molar-refractivity contribution is -0.126. The number of H-pyrrole nitrogens is 1. The molecule has 0 aliphatic carbocycles. The van der Waals surface area contributed by atoms with E-state index in [1.54, 1.807) is 23.0 Å². The first-order valence-electron chi connectivity index (χ1n) is 12.4. The van der Waals surface area contributed by atoms with Gasteiger partial charge in [0.2, 0.25) is 10.9 Å². The molecule has 1 aliphatic heterocycles. The second-order valence-corrected chi connectivity index (χ2v) is 9.36. The largest absolute Gasteiger partial charge is 0.494 e. The Morgan fingerprint density at radius 2 is 1.74 bits per heavy atom. The molecule has 11 nitrogen and oxygen atoms in total. The first-order chi connectivity index (χ1) is 18.9. The summed E-state index contributed by atoms with van der Waals surface area (Å²) in [7, 11) is 1.47. The zero-order valence-electron chi connectivity index (χ0n) is 21.3. The van der Waals surface area contributed by atoms with Crippen LogP contribution in [0.4, 0.5) is 5.69 Å². The molecule has 11 heteroatoms. The number of carbonyl (C=O) groups excluding carboxylic acids is 2. The van der Waals surface area contributed by atoms with Crippen LogP contribution in [-0.4, -0.2) is 69.6 Å². The van der Waals surface area contributed by atoms with Gasteiger partial charge < -0.3 is 19.5 Å². The highest BCUT2D eigenvalue weighted by Crippen LogP contribution is 2.32. The van der Waals surface area contributed by atoms with Crippen LogP contribution in [0.2, 0.25) is 0 Å². The van der Waals surface area contributed by atoms with E-state index in [0.717, 1.165) is 5.69 Å². The number of amides is 1. The first-order valence-corrected chi connectivity index (χ1v) is 12.4. The molecule has 1 fully saturated rings. The molecule has 3 aromatic heterocycles. The minimum Gasteiger partial charge on any atom is -0.494 e. The summed E-state index contributed by atoms with van der Waals surface area (Å²) in [6.45, 7) is 2.98. The smallest absolute Gasteiger partial charge is 0.295 e. The van der Waals surface area contributed by atoms with Gasteiger partial charge in [0.15, 0.2) is 5.82 Å². The molecule has 0 saturated carbocycles. The van der Waals surface area contributed by atoms with Crippen LogP contribution in [0.3, 0.4) is 0 Å². The fraction of sp³-hybridized carbons (Fsp3) is 0.214. The lowest BCUT2D eigenvalue weighted by atomic mass is 9.97. The van der Waals surface area contributed by atoms with E-state index in [1.165, 1.54) is 24.4 Å². The Bertz CT molecular complexity index is 1800. The van der Waals surface area contributed by atoms with Gasteiger partial charge in [0, 0.05) is 38.6 Å². The number of hydrogen-bond donors (Lipinski definition) is 1. The van der Waals surface area contributed by atoms with Gasteiger partial charge in [0.05, 0.1) is 41.0 Å². The Morgan fingerprint density at radius 3 is 2.41 bits per heavy atom.